The van der Waals surface area contributed by atoms with Crippen LogP contribution in [0.2, 0.25) is 5.02 Å². The van der Waals surface area contributed by atoms with Gasteiger partial charge in [-0.15, -0.1) is 0 Å². The number of carbonyl (C=O) groups is 3. The van der Waals surface area contributed by atoms with Gasteiger partial charge in [0.1, 0.15) is 11.5 Å². The average molecular weight is 590 g/mol. The van der Waals surface area contributed by atoms with Gasteiger partial charge < -0.3 is 10.2 Å². The molecular formula is C34H24ClN3O5. The number of nitro benzene ring substituents is 1. The van der Waals surface area contributed by atoms with Crippen molar-refractivity contribution in [2.45, 2.75) is 24.4 Å². The first-order valence-electron chi connectivity index (χ1n) is 13.8. The highest BCUT2D eigenvalue weighted by atomic mass is 35.5. The molecule has 0 bridgehead atoms. The van der Waals surface area contributed by atoms with E-state index in [1.807, 2.05) is 48.2 Å². The lowest BCUT2D eigenvalue weighted by Gasteiger charge is -2.37. The van der Waals surface area contributed by atoms with E-state index in [4.69, 9.17) is 11.6 Å². The summed E-state index contributed by atoms with van der Waals surface area (Å²) < 4.78 is 0. The summed E-state index contributed by atoms with van der Waals surface area (Å²) in [7, 11) is 0. The third kappa shape index (κ3) is 3.87. The Kier molecular flexibility index (Phi) is 6.07. The number of halogens is 1. The van der Waals surface area contributed by atoms with Gasteiger partial charge in [0.25, 0.3) is 5.69 Å². The second kappa shape index (κ2) is 9.74. The Labute approximate surface area is 251 Å². The van der Waals surface area contributed by atoms with Crippen molar-refractivity contribution in [3.8, 4) is 0 Å². The van der Waals surface area contributed by atoms with Crippen molar-refractivity contribution in [1.29, 1.82) is 0 Å². The number of hydrogen-bond acceptors (Lipinski definition) is 6. The molecule has 8 nitrogen and oxygen atoms in total. The number of nitro groups is 1. The van der Waals surface area contributed by atoms with E-state index in [9.17, 15) is 24.5 Å². The number of para-hydroxylation sites is 1. The van der Waals surface area contributed by atoms with Crippen LogP contribution < -0.4 is 10.2 Å². The highest BCUT2D eigenvalue weighted by Gasteiger charge is 2.70. The zero-order chi connectivity index (χ0) is 30.0. The number of rotatable bonds is 5. The van der Waals surface area contributed by atoms with Crippen LogP contribution in [0.3, 0.4) is 0 Å². The van der Waals surface area contributed by atoms with E-state index in [0.717, 1.165) is 16.8 Å². The fraction of sp³-hybridized carbons (Fsp3) is 0.147. The molecule has 9 heteroatoms. The molecule has 43 heavy (non-hydrogen) atoms. The molecule has 3 aliphatic heterocycles. The molecule has 0 aliphatic carbocycles. The Balaban J connectivity index is 1.53. The number of amides is 1. The first kappa shape index (κ1) is 26.8. The summed E-state index contributed by atoms with van der Waals surface area (Å²) in [4.78, 5) is 56.9. The van der Waals surface area contributed by atoms with Crippen LogP contribution in [0.15, 0.2) is 97.1 Å². The van der Waals surface area contributed by atoms with Gasteiger partial charge in [0, 0.05) is 39.7 Å². The van der Waals surface area contributed by atoms with Gasteiger partial charge in [-0.3, -0.25) is 24.5 Å². The minimum absolute atomic E-state index is 0.0534. The highest BCUT2D eigenvalue weighted by molar-refractivity contribution is 6.30. The lowest BCUT2D eigenvalue weighted by atomic mass is 9.64. The van der Waals surface area contributed by atoms with Crippen LogP contribution >= 0.6 is 11.6 Å². The minimum Gasteiger partial charge on any atom is -0.352 e. The van der Waals surface area contributed by atoms with E-state index < -0.39 is 40.0 Å². The van der Waals surface area contributed by atoms with Crippen LogP contribution in [0.1, 0.15) is 37.4 Å². The van der Waals surface area contributed by atoms with Crippen molar-refractivity contribution in [2.75, 3.05) is 10.2 Å². The molecule has 1 N–H and O–H groups in total. The number of aryl methyl sites for hydroxylation is 1. The molecule has 3 aliphatic rings. The number of anilines is 2. The highest BCUT2D eigenvalue weighted by Crippen LogP contribution is 2.58. The quantitative estimate of drug-likeness (QED) is 0.164. The maximum atomic E-state index is 14.8. The first-order chi connectivity index (χ1) is 20.7. The van der Waals surface area contributed by atoms with Gasteiger partial charge in [0.15, 0.2) is 11.6 Å². The number of non-ortho nitro benzene ring substituents is 1. The Hall–Kier alpha value is -5.08. The smallest absolute Gasteiger partial charge is 0.270 e. The van der Waals surface area contributed by atoms with E-state index >= 15 is 0 Å². The van der Waals surface area contributed by atoms with Crippen molar-refractivity contribution >= 4 is 52.2 Å². The number of benzene rings is 4. The van der Waals surface area contributed by atoms with Crippen LogP contribution in [0, 0.1) is 23.0 Å². The maximum absolute atomic E-state index is 14.8. The number of ketones is 2. The van der Waals surface area contributed by atoms with Crippen LogP contribution in [-0.2, 0) is 10.2 Å². The second-order valence-electron chi connectivity index (χ2n) is 11.1. The Morgan fingerprint density at radius 3 is 2.47 bits per heavy atom. The van der Waals surface area contributed by atoms with Gasteiger partial charge in [0.05, 0.1) is 16.9 Å². The van der Waals surface area contributed by atoms with E-state index in [0.29, 0.717) is 21.8 Å². The molecule has 3 heterocycles. The molecule has 0 aromatic heterocycles. The predicted octanol–water partition coefficient (Wildman–Crippen LogP) is 6.41. The topological polar surface area (TPSA) is 110 Å². The summed E-state index contributed by atoms with van der Waals surface area (Å²) in [5.74, 6) is -2.53. The average Bonchev–Trinajstić information content (AvgIpc) is 3.49. The van der Waals surface area contributed by atoms with Crippen LogP contribution in [0.4, 0.5) is 17.1 Å². The van der Waals surface area contributed by atoms with Crippen molar-refractivity contribution in [3.63, 3.8) is 0 Å². The molecular weight excluding hydrogens is 566 g/mol. The zero-order valence-corrected chi connectivity index (χ0v) is 23.6. The second-order valence-corrected chi connectivity index (χ2v) is 11.5. The molecule has 1 amide bonds. The van der Waals surface area contributed by atoms with Crippen LogP contribution in [0.5, 0.6) is 0 Å². The monoisotopic (exact) mass is 589 g/mol. The van der Waals surface area contributed by atoms with E-state index in [1.165, 1.54) is 24.3 Å². The van der Waals surface area contributed by atoms with E-state index in [2.05, 4.69) is 5.32 Å². The molecule has 4 aromatic carbocycles. The zero-order valence-electron chi connectivity index (χ0n) is 22.9. The summed E-state index contributed by atoms with van der Waals surface area (Å²) >= 11 is 6.15. The molecule has 4 atom stereocenters. The van der Waals surface area contributed by atoms with Gasteiger partial charge in [-0.2, -0.15) is 0 Å². The first-order valence-corrected chi connectivity index (χ1v) is 14.2. The SMILES string of the molecule is Cc1ccc2c(c1)C=C[C@@H]1N2[C@H](C(=O)c2ccc(Cl)cc2)[C@H](C(=O)c2cccc([N+](=O)[O-])c2)[C@]12C(=O)Nc1ccccc12. The Bertz CT molecular complexity index is 1900. The summed E-state index contributed by atoms with van der Waals surface area (Å²) in [6.07, 6.45) is 3.83. The normalized spacial score (nSPS) is 23.0. The van der Waals surface area contributed by atoms with Gasteiger partial charge in [0.2, 0.25) is 5.91 Å². The van der Waals surface area contributed by atoms with Crippen LogP contribution in [0.25, 0.3) is 6.08 Å². The fourth-order valence-corrected chi connectivity index (χ4v) is 7.16. The number of nitrogens with zero attached hydrogens (tertiary/aromatic N) is 2. The molecule has 1 fully saturated rings. The third-order valence-corrected chi connectivity index (χ3v) is 9.06. The lowest BCUT2D eigenvalue weighted by Crippen LogP contribution is -2.51. The van der Waals surface area contributed by atoms with Gasteiger partial charge in [-0.1, -0.05) is 65.7 Å². The van der Waals surface area contributed by atoms with Crippen molar-refractivity contribution < 1.29 is 19.3 Å². The summed E-state index contributed by atoms with van der Waals surface area (Å²) in [5, 5.41) is 15.1. The molecule has 1 saturated heterocycles. The molecule has 1 spiro atoms. The number of carbonyl (C=O) groups excluding carboxylic acids is 3. The summed E-state index contributed by atoms with van der Waals surface area (Å²) in [5.41, 5.74) is 2.38. The van der Waals surface area contributed by atoms with Gasteiger partial charge in [-0.25, -0.2) is 0 Å². The Morgan fingerprint density at radius 1 is 0.930 bits per heavy atom. The minimum atomic E-state index is -1.51. The largest absolute Gasteiger partial charge is 0.352 e. The van der Waals surface area contributed by atoms with Crippen molar-refractivity contribution in [1.82, 2.24) is 0 Å². The van der Waals surface area contributed by atoms with Crippen molar-refractivity contribution in [3.05, 3.63) is 140 Å². The number of Topliss-reactive ketones (excluding diaryl/α,β-unsaturated/α-hetero) is 2. The van der Waals surface area contributed by atoms with Gasteiger partial charge in [-0.05, 0) is 60.5 Å². The number of fused-ring (bicyclic) bond motifs is 6. The molecule has 0 radical (unpaired) electrons. The predicted molar refractivity (Wildman–Crippen MR) is 164 cm³/mol. The summed E-state index contributed by atoms with van der Waals surface area (Å²) in [6.45, 7) is 1.97. The molecule has 212 valence electrons. The fourth-order valence-electron chi connectivity index (χ4n) is 7.04. The van der Waals surface area contributed by atoms with Crippen molar-refractivity contribution in [2.24, 2.45) is 5.92 Å². The van der Waals surface area contributed by atoms with E-state index in [1.54, 1.807) is 42.5 Å². The molecule has 0 unspecified atom stereocenters. The van der Waals surface area contributed by atoms with E-state index in [-0.39, 0.29) is 17.0 Å². The number of hydrogen-bond donors (Lipinski definition) is 1. The standard InChI is InChI=1S/C34H24ClN3O5/c1-19-9-15-27-21(17-19)12-16-28-34(25-7-2-3-8-26(25)36-33(34)41)29(31(39)22-5-4-6-24(18-22)38(42)43)30(37(27)28)32(40)20-10-13-23(35)14-11-20/h2-18,28-30H,1H3,(H,36,41)/t28-,29+,30-,34+/m0/s1. The third-order valence-electron chi connectivity index (χ3n) is 8.81. The van der Waals surface area contributed by atoms with Crippen LogP contribution in [-0.4, -0.2) is 34.5 Å². The molecule has 4 aromatic rings. The van der Waals surface area contributed by atoms with Gasteiger partial charge >= 0.3 is 0 Å². The Morgan fingerprint density at radius 2 is 1.70 bits per heavy atom. The maximum Gasteiger partial charge on any atom is 0.270 e. The molecule has 7 rings (SSSR count). The summed E-state index contributed by atoms with van der Waals surface area (Å²) in [6, 6.07) is 23.1. The molecule has 0 saturated carbocycles. The number of nitrogens with one attached hydrogen (secondary N) is 1. The lowest BCUT2D eigenvalue weighted by molar-refractivity contribution is -0.384.